The molecule has 2 saturated heterocycles. The summed E-state index contributed by atoms with van der Waals surface area (Å²) in [5.74, 6) is -0.534. The van der Waals surface area contributed by atoms with Crippen molar-refractivity contribution >= 4 is 12.0 Å². The fraction of sp³-hybridized carbons (Fsp3) is 0.846. The number of aliphatic carboxylic acids is 1. The van der Waals surface area contributed by atoms with Gasteiger partial charge in [-0.15, -0.1) is 0 Å². The molecule has 2 aliphatic heterocycles. The number of aliphatic hydroxyl groups excluding tert-OH is 1. The van der Waals surface area contributed by atoms with Gasteiger partial charge in [-0.25, -0.2) is 4.79 Å². The van der Waals surface area contributed by atoms with Crippen molar-refractivity contribution in [2.24, 2.45) is 5.92 Å². The molecule has 0 aromatic carbocycles. The van der Waals surface area contributed by atoms with Crippen molar-refractivity contribution in [3.8, 4) is 0 Å². The van der Waals surface area contributed by atoms with Crippen LogP contribution >= 0.6 is 0 Å². The fourth-order valence-corrected chi connectivity index (χ4v) is 2.84. The Kier molecular flexibility index (Phi) is 5.19. The Morgan fingerprint density at radius 2 is 1.95 bits per heavy atom. The smallest absolute Gasteiger partial charge is 0.320 e. The second-order valence-corrected chi connectivity index (χ2v) is 5.43. The zero-order valence-electron chi connectivity index (χ0n) is 11.5. The van der Waals surface area contributed by atoms with E-state index < -0.39 is 12.1 Å². The first kappa shape index (κ1) is 15.1. The highest BCUT2D eigenvalue weighted by atomic mass is 16.5. The number of nitrogens with zero attached hydrogens (tertiary/aromatic N) is 2. The van der Waals surface area contributed by atoms with Crippen molar-refractivity contribution < 1.29 is 24.5 Å². The summed E-state index contributed by atoms with van der Waals surface area (Å²) >= 11 is 0. The molecule has 0 aromatic rings. The number of hydrogen-bond acceptors (Lipinski definition) is 4. The number of amides is 2. The maximum absolute atomic E-state index is 12.4. The molecule has 0 spiro atoms. The summed E-state index contributed by atoms with van der Waals surface area (Å²) in [7, 11) is 0. The first-order chi connectivity index (χ1) is 9.60. The standard InChI is InChI=1S/C13H22N2O5/c16-5-2-10-1-3-14(8-10)13(19)15-4-6-20-11(9-15)7-12(17)18/h10-11,16H,1-9H2,(H,17,18). The number of aliphatic hydroxyl groups is 1. The summed E-state index contributed by atoms with van der Waals surface area (Å²) < 4.78 is 5.37. The van der Waals surface area contributed by atoms with E-state index in [-0.39, 0.29) is 19.1 Å². The van der Waals surface area contributed by atoms with E-state index in [1.807, 2.05) is 0 Å². The lowest BCUT2D eigenvalue weighted by molar-refractivity contribution is -0.141. The monoisotopic (exact) mass is 286 g/mol. The molecule has 0 bridgehead atoms. The van der Waals surface area contributed by atoms with E-state index >= 15 is 0 Å². The average molecular weight is 286 g/mol. The Hall–Kier alpha value is -1.34. The number of hydrogen-bond donors (Lipinski definition) is 2. The van der Waals surface area contributed by atoms with Gasteiger partial charge >= 0.3 is 12.0 Å². The number of urea groups is 1. The predicted molar refractivity (Wildman–Crippen MR) is 70.3 cm³/mol. The molecule has 0 saturated carbocycles. The van der Waals surface area contributed by atoms with Crippen LogP contribution in [0.4, 0.5) is 4.79 Å². The van der Waals surface area contributed by atoms with Gasteiger partial charge < -0.3 is 24.7 Å². The van der Waals surface area contributed by atoms with Crippen molar-refractivity contribution in [3.63, 3.8) is 0 Å². The third-order valence-electron chi connectivity index (χ3n) is 3.91. The van der Waals surface area contributed by atoms with Gasteiger partial charge in [0.05, 0.1) is 19.1 Å². The summed E-state index contributed by atoms with van der Waals surface area (Å²) in [5, 5.41) is 17.7. The van der Waals surface area contributed by atoms with Crippen molar-refractivity contribution in [2.45, 2.75) is 25.4 Å². The van der Waals surface area contributed by atoms with Crippen molar-refractivity contribution in [1.82, 2.24) is 9.80 Å². The lowest BCUT2D eigenvalue weighted by atomic mass is 10.1. The van der Waals surface area contributed by atoms with E-state index in [1.165, 1.54) is 0 Å². The van der Waals surface area contributed by atoms with Gasteiger partial charge in [-0.3, -0.25) is 4.79 Å². The van der Waals surface area contributed by atoms with Gasteiger partial charge in [0.1, 0.15) is 0 Å². The second-order valence-electron chi connectivity index (χ2n) is 5.43. The molecule has 2 heterocycles. The Morgan fingerprint density at radius 3 is 2.65 bits per heavy atom. The van der Waals surface area contributed by atoms with Gasteiger partial charge in [0, 0.05) is 32.8 Å². The van der Waals surface area contributed by atoms with Gasteiger partial charge in [0.25, 0.3) is 0 Å². The van der Waals surface area contributed by atoms with E-state index in [4.69, 9.17) is 14.9 Å². The number of morpholine rings is 1. The van der Waals surface area contributed by atoms with E-state index in [9.17, 15) is 9.59 Å². The highest BCUT2D eigenvalue weighted by molar-refractivity contribution is 5.75. The number of carboxylic acid groups (broad SMARTS) is 1. The number of rotatable bonds is 4. The molecular weight excluding hydrogens is 264 g/mol. The van der Waals surface area contributed by atoms with Crippen LogP contribution in [0.5, 0.6) is 0 Å². The third-order valence-corrected chi connectivity index (χ3v) is 3.91. The molecule has 2 amide bonds. The first-order valence-electron chi connectivity index (χ1n) is 7.08. The Bertz CT molecular complexity index is 363. The van der Waals surface area contributed by atoms with Gasteiger partial charge in [-0.05, 0) is 18.8 Å². The fourth-order valence-electron chi connectivity index (χ4n) is 2.84. The molecule has 2 N–H and O–H groups in total. The Morgan fingerprint density at radius 1 is 1.20 bits per heavy atom. The topological polar surface area (TPSA) is 90.3 Å². The van der Waals surface area contributed by atoms with Gasteiger partial charge in [0.2, 0.25) is 0 Å². The first-order valence-corrected chi connectivity index (χ1v) is 7.08. The molecule has 0 radical (unpaired) electrons. The van der Waals surface area contributed by atoms with Crippen LogP contribution in [0.1, 0.15) is 19.3 Å². The number of likely N-dealkylation sites (tertiary alicyclic amines) is 1. The van der Waals surface area contributed by atoms with Crippen LogP contribution in [0, 0.1) is 5.92 Å². The van der Waals surface area contributed by atoms with Crippen molar-refractivity contribution in [2.75, 3.05) is 39.4 Å². The normalized spacial score (nSPS) is 26.9. The molecule has 0 aromatic heterocycles. The number of carbonyl (C=O) groups is 2. The molecule has 0 aliphatic carbocycles. The SMILES string of the molecule is O=C(O)CC1CN(C(=O)N2CCC(CCO)C2)CCO1. The van der Waals surface area contributed by atoms with E-state index in [2.05, 4.69) is 0 Å². The van der Waals surface area contributed by atoms with Crippen LogP contribution < -0.4 is 0 Å². The summed E-state index contributed by atoms with van der Waals surface area (Å²) in [4.78, 5) is 26.5. The molecule has 2 atom stereocenters. The Labute approximate surface area is 118 Å². The van der Waals surface area contributed by atoms with E-state index in [1.54, 1.807) is 9.80 Å². The molecule has 20 heavy (non-hydrogen) atoms. The Balaban J connectivity index is 1.84. The largest absolute Gasteiger partial charge is 0.481 e. The minimum Gasteiger partial charge on any atom is -0.481 e. The van der Waals surface area contributed by atoms with Gasteiger partial charge in [-0.1, -0.05) is 0 Å². The van der Waals surface area contributed by atoms with Crippen molar-refractivity contribution in [1.29, 1.82) is 0 Å². The molecule has 7 nitrogen and oxygen atoms in total. The minimum atomic E-state index is -0.909. The maximum Gasteiger partial charge on any atom is 0.320 e. The summed E-state index contributed by atoms with van der Waals surface area (Å²) in [5.41, 5.74) is 0. The van der Waals surface area contributed by atoms with Crippen LogP contribution in [0.3, 0.4) is 0 Å². The quantitative estimate of drug-likeness (QED) is 0.758. The van der Waals surface area contributed by atoms with E-state index in [0.29, 0.717) is 38.7 Å². The molecule has 2 fully saturated rings. The lowest BCUT2D eigenvalue weighted by Crippen LogP contribution is -2.50. The molecule has 7 heteroatoms. The van der Waals surface area contributed by atoms with Gasteiger partial charge in [0.15, 0.2) is 0 Å². The summed E-state index contributed by atoms with van der Waals surface area (Å²) in [6, 6.07) is -0.0378. The zero-order chi connectivity index (χ0) is 14.5. The highest BCUT2D eigenvalue weighted by Gasteiger charge is 2.32. The average Bonchev–Trinajstić information content (AvgIpc) is 2.86. The minimum absolute atomic E-state index is 0.0378. The molecule has 2 aliphatic rings. The van der Waals surface area contributed by atoms with Crippen molar-refractivity contribution in [3.05, 3.63) is 0 Å². The van der Waals surface area contributed by atoms with E-state index in [0.717, 1.165) is 12.8 Å². The number of carboxylic acids is 1. The predicted octanol–water partition coefficient (Wildman–Crippen LogP) is -0.0138. The number of ether oxygens (including phenoxy) is 1. The molecule has 2 unspecified atom stereocenters. The van der Waals surface area contributed by atoms with Gasteiger partial charge in [-0.2, -0.15) is 0 Å². The molecular formula is C13H22N2O5. The second kappa shape index (κ2) is 6.90. The van der Waals surface area contributed by atoms with Crippen LogP contribution in [-0.2, 0) is 9.53 Å². The van der Waals surface area contributed by atoms with Crippen LogP contribution in [0.25, 0.3) is 0 Å². The third kappa shape index (κ3) is 3.83. The molecule has 2 rings (SSSR count). The zero-order valence-corrected chi connectivity index (χ0v) is 11.5. The lowest BCUT2D eigenvalue weighted by Gasteiger charge is -2.35. The number of carbonyl (C=O) groups excluding carboxylic acids is 1. The summed E-state index contributed by atoms with van der Waals surface area (Å²) in [6.45, 7) is 2.79. The van der Waals surface area contributed by atoms with Crippen LogP contribution in [0.2, 0.25) is 0 Å². The highest BCUT2D eigenvalue weighted by Crippen LogP contribution is 2.21. The molecule has 114 valence electrons. The van der Waals surface area contributed by atoms with Crippen LogP contribution in [-0.4, -0.2) is 77.5 Å². The summed E-state index contributed by atoms with van der Waals surface area (Å²) in [6.07, 6.45) is 1.17. The maximum atomic E-state index is 12.4. The van der Waals surface area contributed by atoms with Crippen LogP contribution in [0.15, 0.2) is 0 Å².